The summed E-state index contributed by atoms with van der Waals surface area (Å²) in [6.07, 6.45) is 1.86. The molecule has 0 saturated carbocycles. The highest BCUT2D eigenvalue weighted by atomic mass is 19.1. The van der Waals surface area contributed by atoms with Crippen LogP contribution in [0.1, 0.15) is 18.4 Å². The van der Waals surface area contributed by atoms with Crippen LogP contribution in [0.25, 0.3) is 10.9 Å². The van der Waals surface area contributed by atoms with E-state index in [1.54, 1.807) is 0 Å². The first-order valence-electron chi connectivity index (χ1n) is 10.1. The van der Waals surface area contributed by atoms with Gasteiger partial charge in [-0.05, 0) is 37.1 Å². The molecule has 1 amide bonds. The number of likely N-dealkylation sites (tertiary alicyclic amines) is 2. The summed E-state index contributed by atoms with van der Waals surface area (Å²) in [6.45, 7) is 3.90. The number of aromatic nitrogens is 1. The van der Waals surface area contributed by atoms with E-state index in [0.29, 0.717) is 0 Å². The maximum Gasteiger partial charge on any atom is 0.237 e. The minimum absolute atomic E-state index is 0.0383. The molecule has 0 bridgehead atoms. The number of nitriles is 1. The predicted octanol–water partition coefficient (Wildman–Crippen LogP) is 2.52. The SMILES string of the molecule is Cc1cnc2cccc(N(C)[C@H]3CCN(CC(=O)N4C[C@@H](F)CC4C#N)C3)c2c1. The molecule has 6 nitrogen and oxygen atoms in total. The smallest absolute Gasteiger partial charge is 0.237 e. The molecule has 1 aromatic heterocycles. The number of alkyl halides is 1. The Morgan fingerprint density at radius 3 is 3.03 bits per heavy atom. The van der Waals surface area contributed by atoms with Gasteiger partial charge in [0.05, 0.1) is 24.7 Å². The Bertz CT molecular complexity index is 958. The predicted molar refractivity (Wildman–Crippen MR) is 110 cm³/mol. The molecule has 0 N–H and O–H groups in total. The van der Waals surface area contributed by atoms with Gasteiger partial charge in [-0.1, -0.05) is 6.07 Å². The minimum Gasteiger partial charge on any atom is -0.370 e. The van der Waals surface area contributed by atoms with Crippen LogP contribution in [-0.2, 0) is 4.79 Å². The number of carbonyl (C=O) groups is 1. The fourth-order valence-electron chi connectivity index (χ4n) is 4.48. The quantitative estimate of drug-likeness (QED) is 0.796. The van der Waals surface area contributed by atoms with Gasteiger partial charge >= 0.3 is 0 Å². The van der Waals surface area contributed by atoms with E-state index in [1.807, 2.05) is 25.3 Å². The molecule has 2 saturated heterocycles. The normalized spacial score (nSPS) is 24.8. The molecule has 0 spiro atoms. The number of hydrogen-bond donors (Lipinski definition) is 0. The van der Waals surface area contributed by atoms with E-state index in [1.165, 1.54) is 4.90 Å². The Balaban J connectivity index is 1.43. The average Bonchev–Trinajstić information content (AvgIpc) is 3.33. The largest absolute Gasteiger partial charge is 0.370 e. The van der Waals surface area contributed by atoms with E-state index in [0.717, 1.165) is 41.7 Å². The maximum absolute atomic E-state index is 13.6. The van der Waals surface area contributed by atoms with Gasteiger partial charge < -0.3 is 9.80 Å². The van der Waals surface area contributed by atoms with Crippen LogP contribution in [0.3, 0.4) is 0 Å². The molecule has 1 aromatic carbocycles. The number of amides is 1. The molecule has 3 heterocycles. The molecule has 2 aliphatic heterocycles. The van der Waals surface area contributed by atoms with Crippen molar-refractivity contribution in [3.63, 3.8) is 0 Å². The number of aryl methyl sites for hydroxylation is 1. The van der Waals surface area contributed by atoms with Crippen molar-refractivity contribution in [1.29, 1.82) is 5.26 Å². The van der Waals surface area contributed by atoms with Crippen molar-refractivity contribution in [2.75, 3.05) is 38.1 Å². The van der Waals surface area contributed by atoms with Crippen molar-refractivity contribution in [2.24, 2.45) is 0 Å². The lowest BCUT2D eigenvalue weighted by molar-refractivity contribution is -0.132. The Hall–Kier alpha value is -2.72. The highest BCUT2D eigenvalue weighted by Crippen LogP contribution is 2.29. The summed E-state index contributed by atoms with van der Waals surface area (Å²) in [6, 6.07) is 10.0. The zero-order valence-electron chi connectivity index (χ0n) is 16.9. The van der Waals surface area contributed by atoms with Crippen molar-refractivity contribution in [3.8, 4) is 6.07 Å². The topological polar surface area (TPSA) is 63.5 Å². The van der Waals surface area contributed by atoms with Crippen molar-refractivity contribution < 1.29 is 9.18 Å². The van der Waals surface area contributed by atoms with E-state index >= 15 is 0 Å². The number of hydrogen-bond acceptors (Lipinski definition) is 5. The first-order chi connectivity index (χ1) is 14.0. The molecule has 7 heteroatoms. The van der Waals surface area contributed by atoms with E-state index < -0.39 is 12.2 Å². The Labute approximate surface area is 170 Å². The van der Waals surface area contributed by atoms with Gasteiger partial charge in [0.15, 0.2) is 0 Å². The summed E-state index contributed by atoms with van der Waals surface area (Å²) >= 11 is 0. The highest BCUT2D eigenvalue weighted by molar-refractivity contribution is 5.92. The van der Waals surface area contributed by atoms with Gasteiger partial charge in [-0.3, -0.25) is 14.7 Å². The molecule has 3 atom stereocenters. The number of rotatable bonds is 4. The molecule has 4 rings (SSSR count). The summed E-state index contributed by atoms with van der Waals surface area (Å²) in [4.78, 5) is 22.9. The Morgan fingerprint density at radius 1 is 1.41 bits per heavy atom. The standard InChI is InChI=1S/C22H26FN5O/c1-15-8-19-20(25-11-15)4-3-5-21(19)26(2)17-6-7-27(13-17)14-22(29)28-12-16(23)9-18(28)10-24/h3-5,8,11,16-18H,6-7,9,12-14H2,1-2H3/t16-,17-,18?/m0/s1. The summed E-state index contributed by atoms with van der Waals surface area (Å²) in [7, 11) is 2.09. The molecule has 2 aliphatic rings. The maximum atomic E-state index is 13.6. The van der Waals surface area contributed by atoms with Crippen molar-refractivity contribution in [3.05, 3.63) is 36.0 Å². The second-order valence-corrected chi connectivity index (χ2v) is 8.17. The zero-order chi connectivity index (χ0) is 20.5. The van der Waals surface area contributed by atoms with E-state index in [4.69, 9.17) is 0 Å². The Kier molecular flexibility index (Phi) is 5.37. The molecule has 0 aliphatic carbocycles. The van der Waals surface area contributed by atoms with Crippen LogP contribution in [0.5, 0.6) is 0 Å². The van der Waals surface area contributed by atoms with Crippen LogP contribution < -0.4 is 4.90 Å². The van der Waals surface area contributed by atoms with Gasteiger partial charge in [0, 0.05) is 49.9 Å². The first kappa shape index (κ1) is 19.6. The third-order valence-corrected chi connectivity index (χ3v) is 6.09. The van der Waals surface area contributed by atoms with Crippen LogP contribution >= 0.6 is 0 Å². The summed E-state index contributed by atoms with van der Waals surface area (Å²) in [5.74, 6) is -0.148. The fraction of sp³-hybridized carbons (Fsp3) is 0.500. The Morgan fingerprint density at radius 2 is 2.24 bits per heavy atom. The van der Waals surface area contributed by atoms with Gasteiger partial charge in [-0.15, -0.1) is 0 Å². The number of fused-ring (bicyclic) bond motifs is 1. The van der Waals surface area contributed by atoms with Gasteiger partial charge in [0.1, 0.15) is 12.2 Å². The number of benzene rings is 1. The minimum atomic E-state index is -1.09. The van der Waals surface area contributed by atoms with Gasteiger partial charge in [-0.2, -0.15) is 5.26 Å². The van der Waals surface area contributed by atoms with Crippen LogP contribution in [0.2, 0.25) is 0 Å². The number of anilines is 1. The van der Waals surface area contributed by atoms with Crippen LogP contribution in [0.15, 0.2) is 30.5 Å². The zero-order valence-corrected chi connectivity index (χ0v) is 16.9. The summed E-state index contributed by atoms with van der Waals surface area (Å²) < 4.78 is 13.6. The summed E-state index contributed by atoms with van der Waals surface area (Å²) in [5, 5.41) is 10.3. The monoisotopic (exact) mass is 395 g/mol. The van der Waals surface area contributed by atoms with Gasteiger partial charge in [0.2, 0.25) is 5.91 Å². The van der Waals surface area contributed by atoms with Gasteiger partial charge in [0.25, 0.3) is 0 Å². The summed E-state index contributed by atoms with van der Waals surface area (Å²) in [5.41, 5.74) is 3.24. The second-order valence-electron chi connectivity index (χ2n) is 8.17. The number of halogens is 1. The molecular weight excluding hydrogens is 369 g/mol. The molecule has 152 valence electrons. The van der Waals surface area contributed by atoms with Crippen molar-refractivity contribution in [1.82, 2.24) is 14.8 Å². The van der Waals surface area contributed by atoms with Crippen molar-refractivity contribution in [2.45, 2.75) is 38.0 Å². The number of carbonyl (C=O) groups excluding carboxylic acids is 1. The average molecular weight is 395 g/mol. The third-order valence-electron chi connectivity index (χ3n) is 6.09. The fourth-order valence-corrected chi connectivity index (χ4v) is 4.48. The van der Waals surface area contributed by atoms with Crippen LogP contribution in [0.4, 0.5) is 10.1 Å². The lowest BCUT2D eigenvalue weighted by Crippen LogP contribution is -2.43. The lowest BCUT2D eigenvalue weighted by atomic mass is 10.1. The molecular formula is C22H26FN5O. The van der Waals surface area contributed by atoms with Gasteiger partial charge in [-0.25, -0.2) is 4.39 Å². The number of likely N-dealkylation sites (N-methyl/N-ethyl adjacent to an activating group) is 1. The van der Waals surface area contributed by atoms with E-state index in [2.05, 4.69) is 40.0 Å². The molecule has 1 unspecified atom stereocenters. The first-order valence-corrected chi connectivity index (χ1v) is 10.1. The lowest BCUT2D eigenvalue weighted by Gasteiger charge is -2.28. The van der Waals surface area contributed by atoms with Crippen molar-refractivity contribution >= 4 is 22.5 Å². The highest BCUT2D eigenvalue weighted by Gasteiger charge is 2.37. The van der Waals surface area contributed by atoms with Crippen LogP contribution in [0, 0.1) is 18.3 Å². The molecule has 2 aromatic rings. The molecule has 0 radical (unpaired) electrons. The van der Waals surface area contributed by atoms with Crippen LogP contribution in [-0.4, -0.2) is 72.2 Å². The molecule has 2 fully saturated rings. The van der Waals surface area contributed by atoms with E-state index in [9.17, 15) is 14.4 Å². The molecule has 29 heavy (non-hydrogen) atoms. The second kappa shape index (κ2) is 7.96. The van der Waals surface area contributed by atoms with E-state index in [-0.39, 0.29) is 31.5 Å². The third kappa shape index (κ3) is 3.90. The number of pyridine rings is 1. The number of nitrogens with zero attached hydrogens (tertiary/aromatic N) is 5.